The van der Waals surface area contributed by atoms with Crippen molar-refractivity contribution in [2.75, 3.05) is 5.88 Å². The minimum absolute atomic E-state index is 0.225. The molecule has 222 valence electrons. The van der Waals surface area contributed by atoms with E-state index in [2.05, 4.69) is 15.6 Å². The second-order valence-electron chi connectivity index (χ2n) is 11.4. The summed E-state index contributed by atoms with van der Waals surface area (Å²) < 4.78 is -0.581. The largest absolute Gasteiger partial charge is 0.381 e. The summed E-state index contributed by atoms with van der Waals surface area (Å²) in [6.45, 7) is 6.17. The SMILES string of the molecule is Cc1ccccc1CNC(=O)[C@H]1N(C(=O)[C@@H](O)[C@H](Cc2ccccc2)NC(=O)c2ccc3ncccc3c2)CSC1(C)C. The van der Waals surface area contributed by atoms with Crippen molar-refractivity contribution >= 4 is 40.4 Å². The molecular formula is C34H36N4O4S. The Morgan fingerprint density at radius 3 is 2.53 bits per heavy atom. The Balaban J connectivity index is 1.36. The second-order valence-corrected chi connectivity index (χ2v) is 13.0. The number of pyridine rings is 1. The third-order valence-electron chi connectivity index (χ3n) is 7.91. The molecular weight excluding hydrogens is 560 g/mol. The molecule has 0 saturated carbocycles. The quantitative estimate of drug-likeness (QED) is 0.267. The van der Waals surface area contributed by atoms with E-state index < -0.39 is 34.7 Å². The first-order valence-electron chi connectivity index (χ1n) is 14.3. The van der Waals surface area contributed by atoms with Crippen LogP contribution >= 0.6 is 11.8 Å². The van der Waals surface area contributed by atoms with E-state index >= 15 is 0 Å². The topological polar surface area (TPSA) is 112 Å². The third-order valence-corrected chi connectivity index (χ3v) is 9.28. The molecule has 9 heteroatoms. The third kappa shape index (κ3) is 6.89. The van der Waals surface area contributed by atoms with Crippen LogP contribution < -0.4 is 10.6 Å². The molecule has 1 aliphatic rings. The van der Waals surface area contributed by atoms with Gasteiger partial charge in [0.15, 0.2) is 6.10 Å². The highest BCUT2D eigenvalue weighted by Crippen LogP contribution is 2.40. The first kappa shape index (κ1) is 30.3. The van der Waals surface area contributed by atoms with Crippen molar-refractivity contribution in [3.8, 4) is 0 Å². The lowest BCUT2D eigenvalue weighted by Gasteiger charge is -2.33. The lowest BCUT2D eigenvalue weighted by atomic mass is 9.96. The van der Waals surface area contributed by atoms with Gasteiger partial charge in [-0.1, -0.05) is 60.7 Å². The van der Waals surface area contributed by atoms with Gasteiger partial charge in [-0.05, 0) is 68.1 Å². The molecule has 8 nitrogen and oxygen atoms in total. The van der Waals surface area contributed by atoms with E-state index in [1.54, 1.807) is 30.5 Å². The standard InChI is InChI=1S/C34H36N4O4S/c1-22-10-7-8-13-26(22)20-36-32(41)30-34(2,3)43-21-38(30)33(42)29(39)28(18-23-11-5-4-6-12-23)37-31(40)25-15-16-27-24(19-25)14-9-17-35-27/h4-17,19,28-30,39H,18,20-21H2,1-3H3,(H,36,41)(H,37,40)/t28-,29-,30+/m0/s1. The number of fused-ring (bicyclic) bond motifs is 1. The number of amides is 3. The van der Waals surface area contributed by atoms with Crippen molar-refractivity contribution in [2.45, 2.75) is 56.7 Å². The van der Waals surface area contributed by atoms with Gasteiger partial charge < -0.3 is 20.6 Å². The number of aryl methyl sites for hydroxylation is 1. The summed E-state index contributed by atoms with van der Waals surface area (Å²) in [5.41, 5.74) is 4.06. The average Bonchev–Trinajstić information content (AvgIpc) is 3.34. The van der Waals surface area contributed by atoms with Gasteiger partial charge in [-0.15, -0.1) is 11.8 Å². The highest BCUT2D eigenvalue weighted by molar-refractivity contribution is 8.00. The Hall–Kier alpha value is -4.21. The number of aromatic nitrogens is 1. The lowest BCUT2D eigenvalue weighted by Crippen LogP contribution is -2.58. The minimum Gasteiger partial charge on any atom is -0.381 e. The predicted octanol–water partition coefficient (Wildman–Crippen LogP) is 4.24. The number of hydrogen-bond acceptors (Lipinski definition) is 6. The monoisotopic (exact) mass is 596 g/mol. The molecule has 0 spiro atoms. The minimum atomic E-state index is -1.58. The fraction of sp³-hybridized carbons (Fsp3) is 0.294. The first-order chi connectivity index (χ1) is 20.6. The molecule has 3 aromatic carbocycles. The van der Waals surface area contributed by atoms with Crippen LogP contribution in [-0.4, -0.2) is 61.5 Å². The molecule has 3 atom stereocenters. The van der Waals surface area contributed by atoms with Gasteiger partial charge in [0.2, 0.25) is 5.91 Å². The maximum Gasteiger partial charge on any atom is 0.254 e. The summed E-state index contributed by atoms with van der Waals surface area (Å²) in [6, 6.07) is 24.3. The van der Waals surface area contributed by atoms with E-state index in [4.69, 9.17) is 0 Å². The number of benzene rings is 3. The van der Waals surface area contributed by atoms with Gasteiger partial charge in [-0.25, -0.2) is 0 Å². The normalized spacial score (nSPS) is 17.3. The van der Waals surface area contributed by atoms with E-state index in [-0.39, 0.29) is 18.2 Å². The zero-order valence-electron chi connectivity index (χ0n) is 24.5. The van der Waals surface area contributed by atoms with Gasteiger partial charge in [-0.2, -0.15) is 0 Å². The molecule has 43 heavy (non-hydrogen) atoms. The molecule has 1 aromatic heterocycles. The van der Waals surface area contributed by atoms with Gasteiger partial charge in [0.1, 0.15) is 6.04 Å². The van der Waals surface area contributed by atoms with Crippen molar-refractivity contribution in [3.05, 3.63) is 113 Å². The molecule has 4 aromatic rings. The maximum atomic E-state index is 13.9. The second kappa shape index (κ2) is 13.0. The zero-order chi connectivity index (χ0) is 30.6. The van der Waals surface area contributed by atoms with Crippen molar-refractivity contribution in [3.63, 3.8) is 0 Å². The number of thioether (sulfide) groups is 1. The number of hydrogen-bond donors (Lipinski definition) is 3. The highest BCUT2D eigenvalue weighted by atomic mass is 32.2. The van der Waals surface area contributed by atoms with Crippen molar-refractivity contribution in [1.29, 1.82) is 0 Å². The Morgan fingerprint density at radius 2 is 1.77 bits per heavy atom. The summed E-state index contributed by atoms with van der Waals surface area (Å²) in [5.74, 6) is -1.05. The molecule has 3 amide bonds. The van der Waals surface area contributed by atoms with E-state index in [9.17, 15) is 19.5 Å². The Labute approximate surface area is 255 Å². The maximum absolute atomic E-state index is 13.9. The first-order valence-corrected chi connectivity index (χ1v) is 15.3. The molecule has 0 bridgehead atoms. The number of carbonyl (C=O) groups excluding carboxylic acids is 3. The van der Waals surface area contributed by atoms with Gasteiger partial charge in [0.05, 0.1) is 17.4 Å². The number of carbonyl (C=O) groups is 3. The summed E-state index contributed by atoms with van der Waals surface area (Å²) in [6.07, 6.45) is 0.337. The number of nitrogens with zero attached hydrogens (tertiary/aromatic N) is 2. The smallest absolute Gasteiger partial charge is 0.254 e. The number of aliphatic hydroxyl groups excluding tert-OH is 1. The van der Waals surface area contributed by atoms with Crippen LogP contribution in [0.25, 0.3) is 10.9 Å². The van der Waals surface area contributed by atoms with Crippen LogP contribution in [-0.2, 0) is 22.6 Å². The van der Waals surface area contributed by atoms with Gasteiger partial charge >= 0.3 is 0 Å². The van der Waals surface area contributed by atoms with Crippen LogP contribution in [0.2, 0.25) is 0 Å². The predicted molar refractivity (Wildman–Crippen MR) is 169 cm³/mol. The van der Waals surface area contributed by atoms with Crippen molar-refractivity contribution < 1.29 is 19.5 Å². The molecule has 0 unspecified atom stereocenters. The number of nitrogens with one attached hydrogen (secondary N) is 2. The van der Waals surface area contributed by atoms with E-state index in [0.717, 1.165) is 27.6 Å². The Bertz CT molecular complexity index is 1630. The van der Waals surface area contributed by atoms with Gasteiger partial charge in [0, 0.05) is 28.4 Å². The lowest BCUT2D eigenvalue weighted by molar-refractivity contribution is -0.147. The Kier molecular flexibility index (Phi) is 9.13. The molecule has 5 rings (SSSR count). The van der Waals surface area contributed by atoms with E-state index in [1.165, 1.54) is 16.7 Å². The van der Waals surface area contributed by atoms with Crippen molar-refractivity contribution in [1.82, 2.24) is 20.5 Å². The molecule has 1 aliphatic heterocycles. The zero-order valence-corrected chi connectivity index (χ0v) is 25.3. The van der Waals surface area contributed by atoms with Crippen molar-refractivity contribution in [2.24, 2.45) is 0 Å². The molecule has 1 saturated heterocycles. The van der Waals surface area contributed by atoms with Crippen LogP contribution in [0.5, 0.6) is 0 Å². The van der Waals surface area contributed by atoms with E-state index in [1.807, 2.05) is 81.4 Å². The van der Waals surface area contributed by atoms with Gasteiger partial charge in [0.25, 0.3) is 11.8 Å². The van der Waals surface area contributed by atoms with Crippen LogP contribution in [0.3, 0.4) is 0 Å². The Morgan fingerprint density at radius 1 is 1.02 bits per heavy atom. The number of aliphatic hydroxyl groups is 1. The number of rotatable bonds is 9. The average molecular weight is 597 g/mol. The molecule has 3 N–H and O–H groups in total. The fourth-order valence-corrected chi connectivity index (χ4v) is 6.56. The molecule has 1 fully saturated rings. The summed E-state index contributed by atoms with van der Waals surface area (Å²) in [4.78, 5) is 46.6. The van der Waals surface area contributed by atoms with Crippen LogP contribution in [0, 0.1) is 6.92 Å². The summed E-state index contributed by atoms with van der Waals surface area (Å²) in [7, 11) is 0. The van der Waals surface area contributed by atoms with Gasteiger partial charge in [-0.3, -0.25) is 19.4 Å². The van der Waals surface area contributed by atoms with E-state index in [0.29, 0.717) is 12.1 Å². The van der Waals surface area contributed by atoms with Crippen LogP contribution in [0.1, 0.15) is 40.9 Å². The molecule has 0 radical (unpaired) electrons. The fourth-order valence-electron chi connectivity index (χ4n) is 5.42. The highest BCUT2D eigenvalue weighted by Gasteiger charge is 2.49. The van der Waals surface area contributed by atoms with Crippen LogP contribution in [0.4, 0.5) is 0 Å². The molecule has 0 aliphatic carbocycles. The summed E-state index contributed by atoms with van der Waals surface area (Å²) >= 11 is 1.48. The van der Waals surface area contributed by atoms with Crippen LogP contribution in [0.15, 0.2) is 91.1 Å². The molecule has 2 heterocycles. The summed E-state index contributed by atoms with van der Waals surface area (Å²) in [5, 5.41) is 18.2.